The molecule has 8 heteroatoms. The average molecular weight is 326 g/mol. The van der Waals surface area contributed by atoms with E-state index in [2.05, 4.69) is 5.10 Å². The van der Waals surface area contributed by atoms with Gasteiger partial charge in [-0.15, -0.1) is 0 Å². The third kappa shape index (κ3) is 3.03. The van der Waals surface area contributed by atoms with E-state index in [1.54, 1.807) is 22.8 Å². The highest BCUT2D eigenvalue weighted by molar-refractivity contribution is 8.24. The Kier molecular flexibility index (Phi) is 3.98. The van der Waals surface area contributed by atoms with E-state index in [0.717, 1.165) is 0 Å². The Morgan fingerprint density at radius 2 is 2.09 bits per heavy atom. The number of aromatic nitrogens is 2. The Bertz CT molecular complexity index is 690. The zero-order valence-corrected chi connectivity index (χ0v) is 13.0. The first kappa shape index (κ1) is 15.1. The Balaban J connectivity index is 1.75. The van der Waals surface area contributed by atoms with E-state index >= 15 is 0 Å². The van der Waals surface area contributed by atoms with Crippen LogP contribution >= 0.6 is 10.6 Å². The van der Waals surface area contributed by atoms with Gasteiger partial charge in [0, 0.05) is 24.3 Å². The van der Waals surface area contributed by atoms with Crippen LogP contribution in [0.3, 0.4) is 0 Å². The highest BCUT2D eigenvalue weighted by atomic mass is 32.3. The van der Waals surface area contributed by atoms with Gasteiger partial charge in [-0.1, -0.05) is 0 Å². The fourth-order valence-electron chi connectivity index (χ4n) is 2.50. The van der Waals surface area contributed by atoms with Crippen LogP contribution in [-0.2, 0) is 4.74 Å². The van der Waals surface area contributed by atoms with Crippen LogP contribution in [0.25, 0.3) is 5.52 Å². The van der Waals surface area contributed by atoms with Crippen LogP contribution in [0.2, 0.25) is 0 Å². The van der Waals surface area contributed by atoms with Crippen molar-refractivity contribution in [3.05, 3.63) is 30.1 Å². The summed E-state index contributed by atoms with van der Waals surface area (Å²) in [5, 5.41) is 4.12. The molecule has 7 nitrogen and oxygen atoms in total. The smallest absolute Gasteiger partial charge is 0.341 e. The van der Waals surface area contributed by atoms with Gasteiger partial charge in [-0.2, -0.15) is 15.7 Å². The van der Waals surface area contributed by atoms with Gasteiger partial charge in [-0.3, -0.25) is 9.11 Å². The molecule has 0 aliphatic carbocycles. The molecule has 1 aliphatic heterocycles. The number of carbonyl (C=O) groups excluding carboxylic acids is 1. The van der Waals surface area contributed by atoms with Gasteiger partial charge >= 0.3 is 5.97 Å². The van der Waals surface area contributed by atoms with Crippen LogP contribution in [0.1, 0.15) is 23.2 Å². The van der Waals surface area contributed by atoms with Crippen LogP contribution in [0.15, 0.2) is 24.5 Å². The maximum Gasteiger partial charge on any atom is 0.341 e. The molecule has 3 heterocycles. The minimum absolute atomic E-state index is 0.0342. The van der Waals surface area contributed by atoms with E-state index in [9.17, 15) is 13.9 Å². The number of methoxy groups -OCH3 is 1. The first-order valence-electron chi connectivity index (χ1n) is 6.94. The van der Waals surface area contributed by atoms with Crippen molar-refractivity contribution in [2.75, 3.05) is 18.6 Å². The zero-order chi connectivity index (χ0) is 15.7. The fourth-order valence-corrected chi connectivity index (χ4v) is 3.98. The monoisotopic (exact) mass is 326 g/mol. The van der Waals surface area contributed by atoms with Gasteiger partial charge in [-0.05, 0) is 12.1 Å². The molecular formula is C14H18N2O5S. The van der Waals surface area contributed by atoms with Crippen molar-refractivity contribution in [2.45, 2.75) is 18.9 Å². The maximum absolute atomic E-state index is 11.6. The first-order chi connectivity index (χ1) is 10.5. The molecule has 22 heavy (non-hydrogen) atoms. The van der Waals surface area contributed by atoms with Crippen LogP contribution in [0.5, 0.6) is 5.75 Å². The normalized spacial score (nSPS) is 19.8. The molecule has 0 unspecified atom stereocenters. The summed E-state index contributed by atoms with van der Waals surface area (Å²) >= 11 is 0. The number of nitrogens with zero attached hydrogens (tertiary/aromatic N) is 2. The van der Waals surface area contributed by atoms with Crippen LogP contribution in [-0.4, -0.2) is 49.4 Å². The standard InChI is InChI=1S/C14H18N2O5S/c1-20-14(17)12-8-15-16-9-11(2-3-13(12)16)21-10-4-6-22(18,19)7-5-10/h2-3,8-10,18-19H,4-7H2,1H3. The van der Waals surface area contributed by atoms with E-state index < -0.39 is 16.6 Å². The summed E-state index contributed by atoms with van der Waals surface area (Å²) in [6.45, 7) is 0. The SMILES string of the molecule is COC(=O)c1cnn2cc(OC3CCS(O)(O)CC3)ccc12. The lowest BCUT2D eigenvalue weighted by atomic mass is 10.2. The van der Waals surface area contributed by atoms with E-state index in [4.69, 9.17) is 9.47 Å². The van der Waals surface area contributed by atoms with Crippen molar-refractivity contribution in [3.63, 3.8) is 0 Å². The van der Waals surface area contributed by atoms with Gasteiger partial charge < -0.3 is 9.47 Å². The second kappa shape index (κ2) is 5.79. The topological polar surface area (TPSA) is 93.3 Å². The van der Waals surface area contributed by atoms with E-state index in [-0.39, 0.29) is 6.10 Å². The molecule has 1 saturated heterocycles. The van der Waals surface area contributed by atoms with Gasteiger partial charge in [0.25, 0.3) is 0 Å². The number of fused-ring (bicyclic) bond motifs is 1. The van der Waals surface area contributed by atoms with Crippen LogP contribution in [0.4, 0.5) is 0 Å². The molecule has 120 valence electrons. The minimum Gasteiger partial charge on any atom is -0.489 e. The lowest BCUT2D eigenvalue weighted by molar-refractivity contribution is 0.0603. The molecule has 1 aliphatic rings. The van der Waals surface area contributed by atoms with Crippen LogP contribution < -0.4 is 4.74 Å². The highest BCUT2D eigenvalue weighted by Gasteiger charge is 2.25. The predicted molar refractivity (Wildman–Crippen MR) is 82.8 cm³/mol. The lowest BCUT2D eigenvalue weighted by Gasteiger charge is -2.39. The van der Waals surface area contributed by atoms with Crippen molar-refractivity contribution in [1.82, 2.24) is 9.61 Å². The van der Waals surface area contributed by atoms with E-state index in [0.29, 0.717) is 41.2 Å². The number of ether oxygens (including phenoxy) is 2. The Hall–Kier alpha value is -1.77. The molecule has 2 aromatic rings. The third-order valence-electron chi connectivity index (χ3n) is 3.73. The third-order valence-corrected chi connectivity index (χ3v) is 5.51. The zero-order valence-electron chi connectivity index (χ0n) is 12.1. The molecule has 0 bridgehead atoms. The van der Waals surface area contributed by atoms with Crippen molar-refractivity contribution in [1.29, 1.82) is 0 Å². The predicted octanol–water partition coefficient (Wildman–Crippen LogP) is 2.41. The minimum atomic E-state index is -2.40. The summed E-state index contributed by atoms with van der Waals surface area (Å²) < 4.78 is 31.3. The molecular weight excluding hydrogens is 308 g/mol. The summed E-state index contributed by atoms with van der Waals surface area (Å²) in [7, 11) is -1.07. The average Bonchev–Trinajstić information content (AvgIpc) is 2.92. The molecule has 2 aromatic heterocycles. The van der Waals surface area contributed by atoms with Gasteiger partial charge in [0.15, 0.2) is 0 Å². The Morgan fingerprint density at radius 1 is 1.36 bits per heavy atom. The second-order valence-corrected chi connectivity index (χ2v) is 7.69. The van der Waals surface area contributed by atoms with Gasteiger partial charge in [-0.25, -0.2) is 9.31 Å². The highest BCUT2D eigenvalue weighted by Crippen LogP contribution is 2.44. The quantitative estimate of drug-likeness (QED) is 0.841. The summed E-state index contributed by atoms with van der Waals surface area (Å²) in [6.07, 6.45) is 4.36. The number of rotatable bonds is 3. The number of esters is 1. The number of pyridine rings is 1. The molecule has 3 rings (SSSR count). The molecule has 0 atom stereocenters. The Labute approximate surface area is 129 Å². The molecule has 0 spiro atoms. The summed E-state index contributed by atoms with van der Waals surface area (Å²) in [5.74, 6) is 0.971. The van der Waals surface area contributed by atoms with Gasteiger partial charge in [0.05, 0.1) is 25.0 Å². The lowest BCUT2D eigenvalue weighted by Crippen LogP contribution is -2.28. The summed E-state index contributed by atoms with van der Waals surface area (Å²) in [4.78, 5) is 11.6. The largest absolute Gasteiger partial charge is 0.489 e. The molecule has 2 N–H and O–H groups in total. The van der Waals surface area contributed by atoms with Gasteiger partial charge in [0.2, 0.25) is 0 Å². The first-order valence-corrected chi connectivity index (χ1v) is 8.83. The second-order valence-electron chi connectivity index (χ2n) is 5.27. The van der Waals surface area contributed by atoms with Crippen molar-refractivity contribution >= 4 is 22.1 Å². The molecule has 0 radical (unpaired) electrons. The number of hydrogen-bond donors (Lipinski definition) is 2. The molecule has 1 fully saturated rings. The molecule has 0 amide bonds. The van der Waals surface area contributed by atoms with Crippen molar-refractivity contribution in [3.8, 4) is 5.75 Å². The molecule has 0 saturated carbocycles. The van der Waals surface area contributed by atoms with E-state index in [1.807, 2.05) is 0 Å². The summed E-state index contributed by atoms with van der Waals surface area (Å²) in [6, 6.07) is 3.53. The number of carbonyl (C=O) groups is 1. The Morgan fingerprint density at radius 3 is 2.77 bits per heavy atom. The number of hydrogen-bond acceptors (Lipinski definition) is 6. The van der Waals surface area contributed by atoms with Crippen LogP contribution in [0, 0.1) is 0 Å². The maximum atomic E-state index is 11.6. The van der Waals surface area contributed by atoms with Crippen molar-refractivity contribution < 1.29 is 23.4 Å². The fraction of sp³-hybridized carbons (Fsp3) is 0.429. The molecule has 0 aromatic carbocycles. The van der Waals surface area contributed by atoms with E-state index in [1.165, 1.54) is 13.3 Å². The van der Waals surface area contributed by atoms with Gasteiger partial charge in [0.1, 0.15) is 17.4 Å². The summed E-state index contributed by atoms with van der Waals surface area (Å²) in [5.41, 5.74) is 1.05. The van der Waals surface area contributed by atoms with Crippen molar-refractivity contribution in [2.24, 2.45) is 0 Å².